The Labute approximate surface area is 105 Å². The first kappa shape index (κ1) is 12.0. The third kappa shape index (κ3) is 2.83. The summed E-state index contributed by atoms with van der Waals surface area (Å²) in [5.41, 5.74) is 4.13. The Kier molecular flexibility index (Phi) is 3.86. The number of aryl methyl sites for hydroxylation is 1. The predicted molar refractivity (Wildman–Crippen MR) is 72.7 cm³/mol. The van der Waals surface area contributed by atoms with Crippen molar-refractivity contribution in [3.05, 3.63) is 66.0 Å². The number of H-pyrrole nitrogens is 1. The zero-order valence-corrected chi connectivity index (χ0v) is 10.1. The Bertz CT molecular complexity index is 629. The van der Waals surface area contributed by atoms with E-state index < -0.39 is 0 Å². The highest BCUT2D eigenvalue weighted by atomic mass is 16.1. The van der Waals surface area contributed by atoms with Crippen molar-refractivity contribution in [3.8, 4) is 0 Å². The van der Waals surface area contributed by atoms with Gasteiger partial charge in [-0.25, -0.2) is 4.98 Å². The summed E-state index contributed by atoms with van der Waals surface area (Å²) in [4.78, 5) is 17.2. The molecule has 0 bridgehead atoms. The number of aromatic amines is 1. The molecule has 0 saturated carbocycles. The topological polar surface area (TPSA) is 45.8 Å². The number of nitrogens with zero attached hydrogens (tertiary/aromatic N) is 1. The highest BCUT2D eigenvalue weighted by Gasteiger charge is 1.95. The number of hydrogen-bond acceptors (Lipinski definition) is 2. The molecule has 0 fully saturated rings. The molecular formula is C15H14N2O. The summed E-state index contributed by atoms with van der Waals surface area (Å²) in [6, 6.07) is 15.2. The van der Waals surface area contributed by atoms with Crippen molar-refractivity contribution in [2.45, 2.75) is 6.92 Å². The lowest BCUT2D eigenvalue weighted by atomic mass is 10.2. The average Bonchev–Trinajstić information content (AvgIpc) is 2.90. The van der Waals surface area contributed by atoms with E-state index in [1.165, 1.54) is 5.56 Å². The van der Waals surface area contributed by atoms with Crippen LogP contribution in [0, 0.1) is 6.92 Å². The van der Waals surface area contributed by atoms with Crippen LogP contribution in [0.5, 0.6) is 0 Å². The minimum Gasteiger partial charge on any atom is -0.345 e. The lowest BCUT2D eigenvalue weighted by molar-refractivity contribution is 0.112. The van der Waals surface area contributed by atoms with Gasteiger partial charge in [-0.1, -0.05) is 42.5 Å². The molecule has 3 nitrogen and oxygen atoms in total. The third-order valence-corrected chi connectivity index (χ3v) is 2.59. The van der Waals surface area contributed by atoms with Gasteiger partial charge in [0.25, 0.3) is 0 Å². The second kappa shape index (κ2) is 5.77. The summed E-state index contributed by atoms with van der Waals surface area (Å²) in [7, 11) is 0. The summed E-state index contributed by atoms with van der Waals surface area (Å²) in [6.45, 7) is 2.06. The fourth-order valence-electron chi connectivity index (χ4n) is 1.64. The van der Waals surface area contributed by atoms with E-state index in [0.717, 1.165) is 22.9 Å². The van der Waals surface area contributed by atoms with Crippen LogP contribution in [-0.2, 0) is 0 Å². The van der Waals surface area contributed by atoms with Gasteiger partial charge in [-0.2, -0.15) is 0 Å². The number of hydrogen-bond donors (Lipinski definition) is 1. The first-order valence-corrected chi connectivity index (χ1v) is 5.70. The number of carbonyl (C=O) groups excluding carboxylic acids is 1. The van der Waals surface area contributed by atoms with E-state index in [0.29, 0.717) is 0 Å². The maximum atomic E-state index is 10.0. The molecule has 3 aromatic rings. The van der Waals surface area contributed by atoms with Gasteiger partial charge in [0, 0.05) is 5.56 Å². The molecule has 0 aliphatic rings. The Balaban J connectivity index is 0.000000138. The molecule has 0 saturated heterocycles. The Morgan fingerprint density at radius 3 is 2.44 bits per heavy atom. The molecule has 1 N–H and O–H groups in total. The first-order valence-electron chi connectivity index (χ1n) is 5.70. The molecule has 0 atom stereocenters. The molecule has 18 heavy (non-hydrogen) atoms. The molecule has 0 amide bonds. The molecule has 2 aromatic carbocycles. The Morgan fingerprint density at radius 1 is 1.06 bits per heavy atom. The van der Waals surface area contributed by atoms with Crippen LogP contribution >= 0.6 is 0 Å². The van der Waals surface area contributed by atoms with Crippen LogP contribution in [0.1, 0.15) is 15.9 Å². The lowest BCUT2D eigenvalue weighted by Crippen LogP contribution is -1.73. The Hall–Kier alpha value is -2.42. The van der Waals surface area contributed by atoms with Crippen molar-refractivity contribution in [1.82, 2.24) is 9.97 Å². The monoisotopic (exact) mass is 238 g/mol. The normalized spacial score (nSPS) is 9.61. The van der Waals surface area contributed by atoms with Crippen LogP contribution in [0.4, 0.5) is 0 Å². The van der Waals surface area contributed by atoms with Crippen LogP contribution < -0.4 is 0 Å². The van der Waals surface area contributed by atoms with E-state index in [-0.39, 0.29) is 0 Å². The fourth-order valence-corrected chi connectivity index (χ4v) is 1.64. The van der Waals surface area contributed by atoms with Crippen LogP contribution in [0.25, 0.3) is 11.0 Å². The standard InChI is InChI=1S/C8H8N2.C7H6O/c1-6-3-2-4-7-8(6)10-5-9-7;8-6-7-4-2-1-3-5-7/h2-5H,1H3,(H,9,10);1-6H. The summed E-state index contributed by atoms with van der Waals surface area (Å²) < 4.78 is 0. The van der Waals surface area contributed by atoms with E-state index in [1.54, 1.807) is 18.5 Å². The van der Waals surface area contributed by atoms with Crippen LogP contribution in [0.3, 0.4) is 0 Å². The van der Waals surface area contributed by atoms with E-state index in [1.807, 2.05) is 30.3 Å². The molecule has 90 valence electrons. The predicted octanol–water partition coefficient (Wildman–Crippen LogP) is 3.37. The van der Waals surface area contributed by atoms with Crippen molar-refractivity contribution >= 4 is 17.3 Å². The number of aromatic nitrogens is 2. The van der Waals surface area contributed by atoms with Crippen molar-refractivity contribution in [2.75, 3.05) is 0 Å². The largest absolute Gasteiger partial charge is 0.345 e. The number of fused-ring (bicyclic) bond motifs is 1. The van der Waals surface area contributed by atoms with E-state index in [4.69, 9.17) is 0 Å². The fraction of sp³-hybridized carbons (Fsp3) is 0.0667. The summed E-state index contributed by atoms with van der Waals surface area (Å²) >= 11 is 0. The van der Waals surface area contributed by atoms with Gasteiger partial charge in [-0.3, -0.25) is 4.79 Å². The van der Waals surface area contributed by atoms with Gasteiger partial charge in [0.05, 0.1) is 17.4 Å². The minimum atomic E-state index is 0.729. The number of rotatable bonds is 1. The van der Waals surface area contributed by atoms with Gasteiger partial charge in [0.15, 0.2) is 0 Å². The second-order valence-corrected chi connectivity index (χ2v) is 3.90. The van der Waals surface area contributed by atoms with Crippen molar-refractivity contribution in [2.24, 2.45) is 0 Å². The molecule has 0 radical (unpaired) electrons. The third-order valence-electron chi connectivity index (χ3n) is 2.59. The summed E-state index contributed by atoms with van der Waals surface area (Å²) in [6.07, 6.45) is 2.55. The summed E-state index contributed by atoms with van der Waals surface area (Å²) in [5.74, 6) is 0. The highest BCUT2D eigenvalue weighted by molar-refractivity contribution is 5.77. The number of benzene rings is 2. The van der Waals surface area contributed by atoms with Gasteiger partial charge in [0.1, 0.15) is 6.29 Å². The minimum absolute atomic E-state index is 0.729. The number of para-hydroxylation sites is 1. The molecule has 0 spiro atoms. The molecule has 1 aromatic heterocycles. The van der Waals surface area contributed by atoms with E-state index in [2.05, 4.69) is 23.0 Å². The number of nitrogens with one attached hydrogen (secondary N) is 1. The average molecular weight is 238 g/mol. The molecule has 3 rings (SSSR count). The Morgan fingerprint density at radius 2 is 1.83 bits per heavy atom. The van der Waals surface area contributed by atoms with Gasteiger partial charge in [-0.15, -0.1) is 0 Å². The van der Waals surface area contributed by atoms with E-state index >= 15 is 0 Å². The number of carbonyl (C=O) groups is 1. The zero-order valence-electron chi connectivity index (χ0n) is 10.1. The number of aldehydes is 1. The van der Waals surface area contributed by atoms with Gasteiger partial charge in [-0.05, 0) is 18.6 Å². The highest BCUT2D eigenvalue weighted by Crippen LogP contribution is 2.12. The molecule has 0 aliphatic heterocycles. The van der Waals surface area contributed by atoms with Crippen LogP contribution in [0.2, 0.25) is 0 Å². The van der Waals surface area contributed by atoms with Gasteiger partial charge < -0.3 is 4.98 Å². The van der Waals surface area contributed by atoms with Crippen molar-refractivity contribution < 1.29 is 4.79 Å². The molecule has 0 unspecified atom stereocenters. The smallest absolute Gasteiger partial charge is 0.150 e. The maximum absolute atomic E-state index is 10.0. The van der Waals surface area contributed by atoms with Crippen molar-refractivity contribution in [1.29, 1.82) is 0 Å². The molecule has 1 heterocycles. The number of imidazole rings is 1. The molecule has 0 aliphatic carbocycles. The summed E-state index contributed by atoms with van der Waals surface area (Å²) in [5, 5.41) is 0. The zero-order chi connectivity index (χ0) is 12.8. The second-order valence-electron chi connectivity index (χ2n) is 3.90. The lowest BCUT2D eigenvalue weighted by Gasteiger charge is -1.90. The SMILES string of the molecule is Cc1cccc2[nH]cnc12.O=Cc1ccccc1. The quantitative estimate of drug-likeness (QED) is 0.661. The first-order chi connectivity index (χ1) is 8.81. The van der Waals surface area contributed by atoms with Gasteiger partial charge in [0.2, 0.25) is 0 Å². The molecular weight excluding hydrogens is 224 g/mol. The van der Waals surface area contributed by atoms with E-state index in [9.17, 15) is 4.79 Å². The molecule has 3 heteroatoms. The van der Waals surface area contributed by atoms with Crippen LogP contribution in [-0.4, -0.2) is 16.3 Å². The maximum Gasteiger partial charge on any atom is 0.150 e. The van der Waals surface area contributed by atoms with Crippen molar-refractivity contribution in [3.63, 3.8) is 0 Å². The van der Waals surface area contributed by atoms with Crippen LogP contribution in [0.15, 0.2) is 54.9 Å². The van der Waals surface area contributed by atoms with Gasteiger partial charge >= 0.3 is 0 Å².